The van der Waals surface area contributed by atoms with E-state index in [2.05, 4.69) is 31.0 Å². The maximum absolute atomic E-state index is 11.8. The zero-order valence-electron chi connectivity index (χ0n) is 16.7. The van der Waals surface area contributed by atoms with Crippen LogP contribution in [0.3, 0.4) is 0 Å². The second-order valence-corrected chi connectivity index (χ2v) is 8.14. The lowest BCUT2D eigenvalue weighted by Crippen LogP contribution is -2.13. The van der Waals surface area contributed by atoms with E-state index in [4.69, 9.17) is 4.74 Å². The lowest BCUT2D eigenvalue weighted by Gasteiger charge is -2.09. The third-order valence-electron chi connectivity index (χ3n) is 4.92. The Morgan fingerprint density at radius 3 is 2.72 bits per heavy atom. The molecule has 29 heavy (non-hydrogen) atoms. The van der Waals surface area contributed by atoms with Gasteiger partial charge in [-0.15, -0.1) is 15.3 Å². The van der Waals surface area contributed by atoms with E-state index >= 15 is 0 Å². The van der Waals surface area contributed by atoms with Crippen molar-refractivity contribution in [2.24, 2.45) is 5.92 Å². The number of carbonyl (C=O) groups is 2. The zero-order chi connectivity index (χ0) is 20.6. The van der Waals surface area contributed by atoms with Crippen LogP contribution in [-0.2, 0) is 20.7 Å². The molecule has 2 aromatic heterocycles. The van der Waals surface area contributed by atoms with Gasteiger partial charge < -0.3 is 15.4 Å². The highest BCUT2D eigenvalue weighted by Gasteiger charge is 2.29. The number of anilines is 2. The molecule has 0 aliphatic heterocycles. The minimum absolute atomic E-state index is 0.0722. The Bertz CT molecular complexity index is 826. The molecule has 1 aliphatic carbocycles. The fourth-order valence-corrected chi connectivity index (χ4v) is 4.28. The monoisotopic (exact) mass is 418 g/mol. The Morgan fingerprint density at radius 1 is 1.14 bits per heavy atom. The Kier molecular flexibility index (Phi) is 7.59. The molecule has 1 aliphatic rings. The lowest BCUT2D eigenvalue weighted by atomic mass is 10.00. The molecular formula is C19H26N6O3S. The first kappa shape index (κ1) is 21.3. The predicted molar refractivity (Wildman–Crippen MR) is 110 cm³/mol. The third kappa shape index (κ3) is 6.26. The quantitative estimate of drug-likeness (QED) is 0.642. The van der Waals surface area contributed by atoms with Crippen molar-refractivity contribution < 1.29 is 14.3 Å². The summed E-state index contributed by atoms with van der Waals surface area (Å²) in [5.41, 5.74) is 0.925. The molecule has 2 amide bonds. The second kappa shape index (κ2) is 10.4. The van der Waals surface area contributed by atoms with Crippen molar-refractivity contribution in [3.63, 3.8) is 0 Å². The summed E-state index contributed by atoms with van der Waals surface area (Å²) in [5.74, 6) is 1.17. The Labute approximate surface area is 173 Å². The second-order valence-electron chi connectivity index (χ2n) is 7.13. The number of carbonyl (C=O) groups excluding carboxylic acids is 2. The van der Waals surface area contributed by atoms with Gasteiger partial charge in [0.15, 0.2) is 5.82 Å². The van der Waals surface area contributed by atoms with Gasteiger partial charge in [-0.3, -0.25) is 9.59 Å². The molecule has 2 N–H and O–H groups in total. The van der Waals surface area contributed by atoms with E-state index in [0.29, 0.717) is 42.2 Å². The number of hydrogen-bond acceptors (Lipinski definition) is 8. The van der Waals surface area contributed by atoms with Crippen molar-refractivity contribution in [1.29, 1.82) is 0 Å². The molecule has 156 valence electrons. The smallest absolute Gasteiger partial charge is 0.228 e. The molecule has 2 atom stereocenters. The van der Waals surface area contributed by atoms with Crippen molar-refractivity contribution in [2.75, 3.05) is 24.4 Å². The van der Waals surface area contributed by atoms with Gasteiger partial charge in [0.1, 0.15) is 5.01 Å². The summed E-state index contributed by atoms with van der Waals surface area (Å²) in [5, 5.41) is 23.7. The molecule has 0 unspecified atom stereocenters. The first-order valence-electron chi connectivity index (χ1n) is 9.82. The van der Waals surface area contributed by atoms with Crippen LogP contribution in [0, 0.1) is 5.92 Å². The summed E-state index contributed by atoms with van der Waals surface area (Å²) in [6.07, 6.45) is 4.73. The van der Waals surface area contributed by atoms with Gasteiger partial charge in [-0.05, 0) is 43.7 Å². The molecule has 3 rings (SSSR count). The summed E-state index contributed by atoms with van der Waals surface area (Å²) in [6.45, 7) is 2.18. The van der Waals surface area contributed by atoms with Crippen molar-refractivity contribution in [2.45, 2.75) is 51.4 Å². The van der Waals surface area contributed by atoms with E-state index in [9.17, 15) is 9.59 Å². The molecule has 1 fully saturated rings. The maximum Gasteiger partial charge on any atom is 0.228 e. The minimum Gasteiger partial charge on any atom is -0.384 e. The van der Waals surface area contributed by atoms with Crippen molar-refractivity contribution in [1.82, 2.24) is 20.4 Å². The van der Waals surface area contributed by atoms with E-state index in [1.54, 1.807) is 20.1 Å². The molecular weight excluding hydrogens is 392 g/mol. The summed E-state index contributed by atoms with van der Waals surface area (Å²) >= 11 is 1.45. The average Bonchev–Trinajstić information content (AvgIpc) is 3.37. The fraction of sp³-hybridized carbons (Fsp3) is 0.579. The van der Waals surface area contributed by atoms with Crippen molar-refractivity contribution >= 4 is 34.1 Å². The standard InChI is InChI=1S/C19H26N6O3S/c1-3-16(26)20-15-7-6-14(22-23-15)11-12-4-5-13(10-12)18-24-25-19(29-18)21-17(27)8-9-28-2/h6-7,12-13H,3-5,8-11H2,1-2H3,(H,20,23,26)(H,21,25,27)/t12-,13+/m0/s1. The van der Waals surface area contributed by atoms with Gasteiger partial charge in [-0.25, -0.2) is 0 Å². The van der Waals surface area contributed by atoms with Crippen LogP contribution < -0.4 is 10.6 Å². The van der Waals surface area contributed by atoms with Gasteiger partial charge in [0.05, 0.1) is 18.7 Å². The molecule has 1 saturated carbocycles. The molecule has 2 heterocycles. The van der Waals surface area contributed by atoms with Crippen LogP contribution in [0.4, 0.5) is 10.9 Å². The van der Waals surface area contributed by atoms with E-state index in [-0.39, 0.29) is 11.8 Å². The predicted octanol–water partition coefficient (Wildman–Crippen LogP) is 2.78. The molecule has 0 saturated heterocycles. The lowest BCUT2D eigenvalue weighted by molar-refractivity contribution is -0.117. The largest absolute Gasteiger partial charge is 0.384 e. The molecule has 0 bridgehead atoms. The molecule has 0 spiro atoms. The highest BCUT2D eigenvalue weighted by atomic mass is 32.1. The summed E-state index contributed by atoms with van der Waals surface area (Å²) in [6, 6.07) is 3.72. The van der Waals surface area contributed by atoms with Gasteiger partial charge in [-0.2, -0.15) is 5.10 Å². The van der Waals surface area contributed by atoms with Crippen molar-refractivity contribution in [3.05, 3.63) is 22.8 Å². The normalized spacial score (nSPS) is 18.6. The van der Waals surface area contributed by atoms with E-state index in [0.717, 1.165) is 36.4 Å². The topological polar surface area (TPSA) is 119 Å². The van der Waals surface area contributed by atoms with Gasteiger partial charge in [0.25, 0.3) is 0 Å². The maximum atomic E-state index is 11.8. The number of nitrogens with zero attached hydrogens (tertiary/aromatic N) is 4. The van der Waals surface area contributed by atoms with E-state index in [1.165, 1.54) is 11.3 Å². The number of aromatic nitrogens is 4. The minimum atomic E-state index is -0.115. The first-order valence-corrected chi connectivity index (χ1v) is 10.6. The number of methoxy groups -OCH3 is 1. The van der Waals surface area contributed by atoms with E-state index in [1.807, 2.05) is 6.07 Å². The highest BCUT2D eigenvalue weighted by Crippen LogP contribution is 2.41. The van der Waals surface area contributed by atoms with Crippen LogP contribution in [0.1, 0.15) is 55.6 Å². The summed E-state index contributed by atoms with van der Waals surface area (Å²) < 4.78 is 4.90. The van der Waals surface area contributed by atoms with Crippen LogP contribution in [0.25, 0.3) is 0 Å². The zero-order valence-corrected chi connectivity index (χ0v) is 17.5. The third-order valence-corrected chi connectivity index (χ3v) is 5.92. The number of rotatable bonds is 9. The van der Waals surface area contributed by atoms with Gasteiger partial charge in [0.2, 0.25) is 16.9 Å². The first-order chi connectivity index (χ1) is 14.1. The number of nitrogens with one attached hydrogen (secondary N) is 2. The highest BCUT2D eigenvalue weighted by molar-refractivity contribution is 7.15. The van der Waals surface area contributed by atoms with Gasteiger partial charge in [-0.1, -0.05) is 18.3 Å². The van der Waals surface area contributed by atoms with Gasteiger partial charge in [0, 0.05) is 19.4 Å². The number of amides is 2. The molecule has 10 heteroatoms. The van der Waals surface area contributed by atoms with Crippen LogP contribution in [0.15, 0.2) is 12.1 Å². The molecule has 0 radical (unpaired) electrons. The van der Waals surface area contributed by atoms with Crippen LogP contribution in [-0.4, -0.2) is 45.9 Å². The molecule has 0 aromatic carbocycles. The summed E-state index contributed by atoms with van der Waals surface area (Å²) in [7, 11) is 1.57. The SMILES string of the molecule is CCC(=O)Nc1ccc(C[C@H]2CC[C@@H](c3nnc(NC(=O)CCOC)s3)C2)nn1. The molecule has 2 aromatic rings. The van der Waals surface area contributed by atoms with Crippen LogP contribution in [0.2, 0.25) is 0 Å². The number of ether oxygens (including phenoxy) is 1. The summed E-state index contributed by atoms with van der Waals surface area (Å²) in [4.78, 5) is 23.2. The van der Waals surface area contributed by atoms with E-state index < -0.39 is 0 Å². The Hall–Kier alpha value is -2.46. The number of hydrogen-bond donors (Lipinski definition) is 2. The Morgan fingerprint density at radius 2 is 2.00 bits per heavy atom. The van der Waals surface area contributed by atoms with Crippen LogP contribution >= 0.6 is 11.3 Å². The van der Waals surface area contributed by atoms with Crippen molar-refractivity contribution in [3.8, 4) is 0 Å². The average molecular weight is 419 g/mol. The molecule has 9 nitrogen and oxygen atoms in total. The van der Waals surface area contributed by atoms with Gasteiger partial charge >= 0.3 is 0 Å². The fourth-order valence-electron chi connectivity index (χ4n) is 3.37. The van der Waals surface area contributed by atoms with Crippen LogP contribution in [0.5, 0.6) is 0 Å². The Balaban J connectivity index is 1.49.